The number of aromatic nitrogens is 1. The van der Waals surface area contributed by atoms with Crippen molar-refractivity contribution in [1.82, 2.24) is 9.88 Å². The van der Waals surface area contributed by atoms with Crippen LogP contribution in [0.1, 0.15) is 23.2 Å². The molecular weight excluding hydrogens is 176 g/mol. The molecule has 0 bridgehead atoms. The van der Waals surface area contributed by atoms with Gasteiger partial charge in [0.05, 0.1) is 0 Å². The number of carbonyl (C=O) groups is 1. The summed E-state index contributed by atoms with van der Waals surface area (Å²) in [4.78, 5) is 17.6. The normalized spacial score (nSPS) is 21.2. The second kappa shape index (κ2) is 3.78. The van der Waals surface area contributed by atoms with Crippen LogP contribution < -0.4 is 0 Å². The van der Waals surface area contributed by atoms with E-state index >= 15 is 0 Å². The minimum absolute atomic E-state index is 0.0740. The third-order valence-corrected chi connectivity index (χ3v) is 2.57. The summed E-state index contributed by atoms with van der Waals surface area (Å²) in [6.45, 7) is 4.78. The zero-order valence-electron chi connectivity index (χ0n) is 8.02. The van der Waals surface area contributed by atoms with Crippen LogP contribution in [-0.4, -0.2) is 28.4 Å². The van der Waals surface area contributed by atoms with Gasteiger partial charge in [0, 0.05) is 30.5 Å². The van der Waals surface area contributed by atoms with Crippen LogP contribution in [0.5, 0.6) is 0 Å². The van der Waals surface area contributed by atoms with E-state index in [9.17, 15) is 4.79 Å². The van der Waals surface area contributed by atoms with E-state index in [1.165, 1.54) is 0 Å². The number of hydrogen-bond acceptors (Lipinski definition) is 2. The average molecular weight is 189 g/mol. The molecule has 1 fully saturated rings. The Kier molecular flexibility index (Phi) is 2.48. The Morgan fingerprint density at radius 1 is 1.50 bits per heavy atom. The van der Waals surface area contributed by atoms with Gasteiger partial charge in [0.1, 0.15) is 0 Å². The number of pyridine rings is 1. The molecule has 1 radical (unpaired) electrons. The molecule has 2 rings (SSSR count). The van der Waals surface area contributed by atoms with Gasteiger partial charge in [-0.3, -0.25) is 9.78 Å². The quantitative estimate of drug-likeness (QED) is 0.671. The molecule has 1 aromatic rings. The first-order chi connectivity index (χ1) is 6.79. The highest BCUT2D eigenvalue weighted by atomic mass is 16.2. The van der Waals surface area contributed by atoms with Crippen molar-refractivity contribution in [3.8, 4) is 0 Å². The summed E-state index contributed by atoms with van der Waals surface area (Å²) >= 11 is 0. The van der Waals surface area contributed by atoms with Gasteiger partial charge in [0.15, 0.2) is 0 Å². The second-order valence-electron chi connectivity index (χ2n) is 3.53. The maximum Gasteiger partial charge on any atom is 0.254 e. The van der Waals surface area contributed by atoms with Crippen molar-refractivity contribution in [2.24, 2.45) is 0 Å². The van der Waals surface area contributed by atoms with Gasteiger partial charge in [-0.15, -0.1) is 0 Å². The zero-order valence-corrected chi connectivity index (χ0v) is 8.02. The van der Waals surface area contributed by atoms with Gasteiger partial charge in [-0.1, -0.05) is 0 Å². The maximum atomic E-state index is 11.9. The standard InChI is InChI=1S/C11H13N2O/c1-9-3-2-8-13(9)11(14)10-4-6-12-7-5-10/h4-7,9H,1-3,8H2/t9-/m0/s1. The van der Waals surface area contributed by atoms with Gasteiger partial charge in [0.2, 0.25) is 0 Å². The lowest BCUT2D eigenvalue weighted by Crippen LogP contribution is -2.33. The van der Waals surface area contributed by atoms with Crippen LogP contribution in [0.2, 0.25) is 0 Å². The molecule has 0 unspecified atom stereocenters. The second-order valence-corrected chi connectivity index (χ2v) is 3.53. The number of carbonyl (C=O) groups excluding carboxylic acids is 1. The van der Waals surface area contributed by atoms with Crippen molar-refractivity contribution in [2.45, 2.75) is 18.9 Å². The summed E-state index contributed by atoms with van der Waals surface area (Å²) in [6, 6.07) is 3.62. The van der Waals surface area contributed by atoms with Gasteiger partial charge in [-0.05, 0) is 31.9 Å². The molecule has 1 amide bonds. The minimum Gasteiger partial charge on any atom is -0.336 e. The van der Waals surface area contributed by atoms with Gasteiger partial charge >= 0.3 is 0 Å². The molecule has 0 spiro atoms. The molecule has 1 atom stereocenters. The molecule has 3 nitrogen and oxygen atoms in total. The molecular formula is C11H13N2O. The monoisotopic (exact) mass is 189 g/mol. The molecule has 0 aliphatic carbocycles. The zero-order chi connectivity index (χ0) is 9.97. The van der Waals surface area contributed by atoms with Crippen molar-refractivity contribution in [3.63, 3.8) is 0 Å². The summed E-state index contributed by atoms with van der Waals surface area (Å²) in [5.41, 5.74) is 0.704. The van der Waals surface area contributed by atoms with Crippen molar-refractivity contribution in [2.75, 3.05) is 6.54 Å². The van der Waals surface area contributed by atoms with E-state index in [4.69, 9.17) is 0 Å². The maximum absolute atomic E-state index is 11.9. The Morgan fingerprint density at radius 3 is 2.79 bits per heavy atom. The van der Waals surface area contributed by atoms with Crippen molar-refractivity contribution >= 4 is 5.91 Å². The first-order valence-electron chi connectivity index (χ1n) is 4.83. The van der Waals surface area contributed by atoms with Gasteiger partial charge in [-0.2, -0.15) is 0 Å². The van der Waals surface area contributed by atoms with Crippen LogP contribution in [0.15, 0.2) is 24.5 Å². The molecule has 3 heteroatoms. The van der Waals surface area contributed by atoms with Gasteiger partial charge < -0.3 is 4.90 Å². The lowest BCUT2D eigenvalue weighted by atomic mass is 10.2. The summed E-state index contributed by atoms with van der Waals surface area (Å²) < 4.78 is 0. The third-order valence-electron chi connectivity index (χ3n) is 2.57. The van der Waals surface area contributed by atoms with E-state index in [2.05, 4.69) is 11.9 Å². The van der Waals surface area contributed by atoms with Crippen LogP contribution in [0, 0.1) is 6.92 Å². The fourth-order valence-electron chi connectivity index (χ4n) is 1.76. The Bertz CT molecular complexity index is 323. The number of hydrogen-bond donors (Lipinski definition) is 0. The minimum atomic E-state index is 0.0740. The molecule has 14 heavy (non-hydrogen) atoms. The van der Waals surface area contributed by atoms with E-state index in [1.54, 1.807) is 24.5 Å². The Labute approximate surface area is 83.8 Å². The molecule has 1 aliphatic rings. The first kappa shape index (κ1) is 9.19. The van der Waals surface area contributed by atoms with Gasteiger partial charge in [-0.25, -0.2) is 0 Å². The van der Waals surface area contributed by atoms with Crippen molar-refractivity contribution in [3.05, 3.63) is 37.0 Å². The van der Waals surface area contributed by atoms with E-state index in [1.807, 2.05) is 4.90 Å². The number of likely N-dealkylation sites (tertiary alicyclic amines) is 1. The highest BCUT2D eigenvalue weighted by Crippen LogP contribution is 2.18. The summed E-state index contributed by atoms with van der Waals surface area (Å²) in [6.07, 6.45) is 5.35. The Hall–Kier alpha value is -1.38. The van der Waals surface area contributed by atoms with Crippen LogP contribution in [0.25, 0.3) is 0 Å². The van der Waals surface area contributed by atoms with E-state index in [0.29, 0.717) is 5.56 Å². The number of nitrogens with zero attached hydrogens (tertiary/aromatic N) is 2. The lowest BCUT2D eigenvalue weighted by molar-refractivity contribution is 0.0760. The third kappa shape index (κ3) is 1.62. The van der Waals surface area contributed by atoms with Crippen LogP contribution in [0.3, 0.4) is 0 Å². The van der Waals surface area contributed by atoms with Gasteiger partial charge in [0.25, 0.3) is 5.91 Å². The lowest BCUT2D eigenvalue weighted by Gasteiger charge is -2.21. The van der Waals surface area contributed by atoms with E-state index < -0.39 is 0 Å². The fraction of sp³-hybridized carbons (Fsp3) is 0.364. The molecule has 0 saturated carbocycles. The van der Waals surface area contributed by atoms with Crippen molar-refractivity contribution < 1.29 is 4.79 Å². The van der Waals surface area contributed by atoms with Crippen LogP contribution in [-0.2, 0) is 0 Å². The van der Waals surface area contributed by atoms with Crippen LogP contribution >= 0.6 is 0 Å². The Balaban J connectivity index is 2.16. The highest BCUT2D eigenvalue weighted by molar-refractivity contribution is 5.94. The summed E-state index contributed by atoms with van der Waals surface area (Å²) in [5, 5.41) is 0. The average Bonchev–Trinajstić information content (AvgIpc) is 2.65. The predicted molar refractivity (Wildman–Crippen MR) is 53.7 cm³/mol. The molecule has 73 valence electrons. The summed E-state index contributed by atoms with van der Waals surface area (Å²) in [5.74, 6) is 0.0740. The van der Waals surface area contributed by atoms with E-state index in [0.717, 1.165) is 19.4 Å². The molecule has 1 aromatic heterocycles. The predicted octanol–water partition coefficient (Wildman–Crippen LogP) is 1.52. The molecule has 1 saturated heterocycles. The smallest absolute Gasteiger partial charge is 0.254 e. The SMILES string of the molecule is [CH2][C@H]1CCCN1C(=O)c1ccncc1. The van der Waals surface area contributed by atoms with E-state index in [-0.39, 0.29) is 11.9 Å². The number of amides is 1. The molecule has 0 N–H and O–H groups in total. The number of rotatable bonds is 1. The van der Waals surface area contributed by atoms with Crippen LogP contribution in [0.4, 0.5) is 0 Å². The topological polar surface area (TPSA) is 33.2 Å². The Morgan fingerprint density at radius 2 is 2.21 bits per heavy atom. The first-order valence-corrected chi connectivity index (χ1v) is 4.83. The molecule has 0 aromatic carbocycles. The molecule has 1 aliphatic heterocycles. The largest absolute Gasteiger partial charge is 0.336 e. The van der Waals surface area contributed by atoms with Crippen molar-refractivity contribution in [1.29, 1.82) is 0 Å². The molecule has 2 heterocycles. The highest BCUT2D eigenvalue weighted by Gasteiger charge is 2.25. The fourth-order valence-corrected chi connectivity index (χ4v) is 1.76. The summed E-state index contributed by atoms with van der Waals surface area (Å²) in [7, 11) is 0.